The molecule has 0 fully saturated rings. The largest absolute Gasteiger partial charge is 1.00 e. The van der Waals surface area contributed by atoms with Gasteiger partial charge in [-0.1, -0.05) is 24.3 Å². The van der Waals surface area contributed by atoms with Gasteiger partial charge in [-0.3, -0.25) is 4.98 Å². The summed E-state index contributed by atoms with van der Waals surface area (Å²) in [5, 5.41) is 21.9. The van der Waals surface area contributed by atoms with Crippen molar-refractivity contribution < 1.29 is 39.5 Å². The second-order valence-electron chi connectivity index (χ2n) is 6.37. The average molecular weight is 413 g/mol. The molecule has 29 heavy (non-hydrogen) atoms. The van der Waals surface area contributed by atoms with Crippen molar-refractivity contribution in [2.45, 2.75) is 24.2 Å². The van der Waals surface area contributed by atoms with Gasteiger partial charge in [0.05, 0.1) is 23.5 Å². The van der Waals surface area contributed by atoms with Crippen LogP contribution in [0.2, 0.25) is 0 Å². The van der Waals surface area contributed by atoms with Crippen LogP contribution < -0.4 is 39.6 Å². The topological polar surface area (TPSA) is 80.1 Å². The maximum atomic E-state index is 10.5. The van der Waals surface area contributed by atoms with E-state index < -0.39 is 5.97 Å². The number of thioether (sulfide) groups is 1. The first-order chi connectivity index (χ1) is 13.6. The van der Waals surface area contributed by atoms with Crippen LogP contribution in [-0.4, -0.2) is 23.8 Å². The number of aliphatic carboxylic acids is 1. The molecule has 2 aromatic carbocycles. The number of carboxylic acid groups (broad SMARTS) is 1. The molecule has 7 heteroatoms. The standard InChI is InChI=1S/C22H21N3O2S.Na/c1-25(19-10-9-16(14-23)17-6-2-3-7-18(17)19)20-15-24-12-11-21(20)28-13-5-4-8-22(26)27;/h2-3,6-7,9-12,15H,4-5,8,13H2,1H3,(H,26,27);/q;+1/p-1. The second kappa shape index (κ2) is 11.2. The van der Waals surface area contributed by atoms with Gasteiger partial charge in [-0.2, -0.15) is 5.26 Å². The predicted molar refractivity (Wildman–Crippen MR) is 111 cm³/mol. The molecule has 0 saturated carbocycles. The van der Waals surface area contributed by atoms with Crippen molar-refractivity contribution in [2.75, 3.05) is 17.7 Å². The first-order valence-electron chi connectivity index (χ1n) is 9.04. The first-order valence-corrected chi connectivity index (χ1v) is 10.0. The molecule has 0 N–H and O–H groups in total. The van der Waals surface area contributed by atoms with E-state index in [-0.39, 0.29) is 36.0 Å². The Balaban J connectivity index is 0.00000300. The summed E-state index contributed by atoms with van der Waals surface area (Å²) in [4.78, 5) is 18.0. The zero-order chi connectivity index (χ0) is 19.9. The molecule has 0 aliphatic heterocycles. The van der Waals surface area contributed by atoms with Crippen molar-refractivity contribution in [3.05, 3.63) is 60.4 Å². The Kier molecular flexibility index (Phi) is 8.99. The maximum Gasteiger partial charge on any atom is 1.00 e. The minimum absolute atomic E-state index is 0. The molecule has 0 atom stereocenters. The average Bonchev–Trinajstić information content (AvgIpc) is 2.72. The molecule has 142 valence electrons. The molecule has 0 aliphatic rings. The van der Waals surface area contributed by atoms with Crippen LogP contribution in [0.1, 0.15) is 24.8 Å². The van der Waals surface area contributed by atoms with Gasteiger partial charge in [0.15, 0.2) is 0 Å². The van der Waals surface area contributed by atoms with Gasteiger partial charge in [-0.05, 0) is 43.2 Å². The van der Waals surface area contributed by atoms with E-state index in [1.807, 2.05) is 55.7 Å². The molecule has 0 amide bonds. The van der Waals surface area contributed by atoms with Gasteiger partial charge < -0.3 is 14.8 Å². The number of aromatic nitrogens is 1. The summed E-state index contributed by atoms with van der Waals surface area (Å²) < 4.78 is 0. The van der Waals surface area contributed by atoms with Crippen LogP contribution in [0.15, 0.2) is 59.8 Å². The van der Waals surface area contributed by atoms with Crippen LogP contribution in [0.25, 0.3) is 10.8 Å². The number of nitrogens with zero attached hydrogens (tertiary/aromatic N) is 3. The first kappa shape index (κ1) is 23.2. The van der Waals surface area contributed by atoms with Gasteiger partial charge in [-0.25, -0.2) is 0 Å². The summed E-state index contributed by atoms with van der Waals surface area (Å²) in [5.74, 6) is -0.172. The molecule has 0 spiro atoms. The molecule has 5 nitrogen and oxygen atoms in total. The number of fused-ring (bicyclic) bond motifs is 1. The zero-order valence-electron chi connectivity index (χ0n) is 16.6. The Hall–Kier alpha value is -2.04. The van der Waals surface area contributed by atoms with E-state index in [9.17, 15) is 15.2 Å². The summed E-state index contributed by atoms with van der Waals surface area (Å²) in [6, 6.07) is 15.9. The SMILES string of the molecule is CN(c1cnccc1SCCCCC(=O)[O-])c1ccc(C#N)c2ccccc12.[Na+]. The van der Waals surface area contributed by atoms with E-state index in [2.05, 4.69) is 16.0 Å². The maximum absolute atomic E-state index is 10.5. The van der Waals surface area contributed by atoms with Crippen LogP contribution >= 0.6 is 11.8 Å². The quantitative estimate of drug-likeness (QED) is 0.310. The van der Waals surface area contributed by atoms with E-state index in [1.165, 1.54) is 0 Å². The smallest absolute Gasteiger partial charge is 0.550 e. The van der Waals surface area contributed by atoms with E-state index in [4.69, 9.17) is 0 Å². The van der Waals surface area contributed by atoms with Crippen molar-refractivity contribution in [1.29, 1.82) is 5.26 Å². The molecule has 0 saturated heterocycles. The number of benzene rings is 2. The molecular weight excluding hydrogens is 393 g/mol. The Morgan fingerprint density at radius 2 is 1.90 bits per heavy atom. The van der Waals surface area contributed by atoms with Gasteiger partial charge in [0, 0.05) is 40.6 Å². The number of rotatable bonds is 8. The summed E-state index contributed by atoms with van der Waals surface area (Å²) in [6.07, 6.45) is 5.12. The van der Waals surface area contributed by atoms with Crippen LogP contribution in [0.3, 0.4) is 0 Å². The summed E-state index contributed by atoms with van der Waals surface area (Å²) in [6.45, 7) is 0. The molecule has 0 unspecified atom stereocenters. The molecule has 3 aromatic rings. The second-order valence-corrected chi connectivity index (χ2v) is 7.51. The Labute approximate surface area is 197 Å². The van der Waals surface area contributed by atoms with Crippen molar-refractivity contribution in [2.24, 2.45) is 0 Å². The van der Waals surface area contributed by atoms with Gasteiger partial charge >= 0.3 is 29.6 Å². The Bertz CT molecular complexity index is 1040. The molecule has 0 aliphatic carbocycles. The van der Waals surface area contributed by atoms with Crippen LogP contribution in [0, 0.1) is 11.3 Å². The number of carbonyl (C=O) groups is 1. The number of nitriles is 1. The Morgan fingerprint density at radius 1 is 1.14 bits per heavy atom. The monoisotopic (exact) mass is 413 g/mol. The fourth-order valence-corrected chi connectivity index (χ4v) is 4.17. The van der Waals surface area contributed by atoms with E-state index >= 15 is 0 Å². The number of pyridine rings is 1. The van der Waals surface area contributed by atoms with Crippen molar-refractivity contribution in [1.82, 2.24) is 4.98 Å². The minimum atomic E-state index is -0.998. The van der Waals surface area contributed by atoms with Crippen molar-refractivity contribution >= 4 is 39.9 Å². The molecular formula is C22H20N3NaO2S. The zero-order valence-corrected chi connectivity index (χ0v) is 19.4. The molecule has 1 heterocycles. The van der Waals surface area contributed by atoms with Crippen LogP contribution in [0.4, 0.5) is 11.4 Å². The van der Waals surface area contributed by atoms with E-state index in [0.29, 0.717) is 12.0 Å². The minimum Gasteiger partial charge on any atom is -0.550 e. The summed E-state index contributed by atoms with van der Waals surface area (Å²) in [5.41, 5.74) is 2.63. The number of carboxylic acids is 1. The number of hydrogen-bond acceptors (Lipinski definition) is 6. The number of carbonyl (C=O) groups excluding carboxylic acids is 1. The predicted octanol–water partition coefficient (Wildman–Crippen LogP) is 0.891. The number of anilines is 2. The summed E-state index contributed by atoms with van der Waals surface area (Å²) >= 11 is 1.69. The molecule has 0 radical (unpaired) electrons. The van der Waals surface area contributed by atoms with E-state index in [0.717, 1.165) is 39.2 Å². The van der Waals surface area contributed by atoms with Gasteiger partial charge in [0.2, 0.25) is 0 Å². The number of hydrogen-bond donors (Lipinski definition) is 0. The molecule has 1 aromatic heterocycles. The molecule has 3 rings (SSSR count). The normalized spacial score (nSPS) is 10.2. The third-order valence-corrected chi connectivity index (χ3v) is 5.69. The summed E-state index contributed by atoms with van der Waals surface area (Å²) in [7, 11) is 1.99. The fourth-order valence-electron chi connectivity index (χ4n) is 3.10. The van der Waals surface area contributed by atoms with Crippen molar-refractivity contribution in [3.8, 4) is 6.07 Å². The third kappa shape index (κ3) is 5.74. The van der Waals surface area contributed by atoms with Crippen molar-refractivity contribution in [3.63, 3.8) is 0 Å². The van der Waals surface area contributed by atoms with E-state index in [1.54, 1.807) is 18.0 Å². The van der Waals surface area contributed by atoms with Gasteiger partial charge in [-0.15, -0.1) is 11.8 Å². The van der Waals surface area contributed by atoms with Crippen LogP contribution in [0.5, 0.6) is 0 Å². The van der Waals surface area contributed by atoms with Gasteiger partial charge in [0.25, 0.3) is 0 Å². The number of unbranched alkanes of at least 4 members (excludes halogenated alkanes) is 1. The Morgan fingerprint density at radius 3 is 2.62 bits per heavy atom. The van der Waals surface area contributed by atoms with Gasteiger partial charge in [0.1, 0.15) is 0 Å². The van der Waals surface area contributed by atoms with Crippen LogP contribution in [-0.2, 0) is 4.79 Å². The molecule has 0 bridgehead atoms. The fraction of sp³-hybridized carbons (Fsp3) is 0.227. The third-order valence-electron chi connectivity index (χ3n) is 4.54.